The van der Waals surface area contributed by atoms with E-state index in [1.54, 1.807) is 24.3 Å². The number of amides is 1. The number of aliphatic carboxylic acids is 1. The van der Waals surface area contributed by atoms with Gasteiger partial charge in [-0.25, -0.2) is 4.79 Å². The van der Waals surface area contributed by atoms with E-state index >= 15 is 0 Å². The summed E-state index contributed by atoms with van der Waals surface area (Å²) in [5.41, 5.74) is 0.663. The first-order chi connectivity index (χ1) is 7.68. The number of nitrogens with zero attached hydrogens (tertiary/aromatic N) is 1. The monoisotopic (exact) mass is 221 g/mol. The number of hydrogen-bond donors (Lipinski definition) is 1. The maximum absolute atomic E-state index is 11.5. The van der Waals surface area contributed by atoms with Crippen LogP contribution in [-0.4, -0.2) is 29.8 Å². The van der Waals surface area contributed by atoms with Crippen LogP contribution in [-0.2, 0) is 9.53 Å². The maximum Gasteiger partial charge on any atom is 0.414 e. The molecule has 84 valence electrons. The number of carboxylic acids is 1. The van der Waals surface area contributed by atoms with Crippen LogP contribution in [0.25, 0.3) is 0 Å². The minimum atomic E-state index is -0.941. The molecule has 0 saturated carbocycles. The number of hydrogen-bond acceptors (Lipinski definition) is 3. The predicted molar refractivity (Wildman–Crippen MR) is 56.3 cm³/mol. The molecule has 16 heavy (non-hydrogen) atoms. The lowest BCUT2D eigenvalue weighted by Gasteiger charge is -2.19. The fraction of sp³-hybridized carbons (Fsp3) is 0.273. The first kappa shape index (κ1) is 10.5. The van der Waals surface area contributed by atoms with Crippen LogP contribution < -0.4 is 4.90 Å². The molecule has 1 amide bonds. The van der Waals surface area contributed by atoms with Crippen molar-refractivity contribution in [2.24, 2.45) is 0 Å². The molecule has 1 aromatic rings. The van der Waals surface area contributed by atoms with Crippen LogP contribution in [0, 0.1) is 0 Å². The average Bonchev–Trinajstić information content (AvgIpc) is 2.60. The van der Waals surface area contributed by atoms with Gasteiger partial charge in [0.15, 0.2) is 0 Å². The number of ether oxygens (including phenoxy) is 1. The third-order valence-corrected chi connectivity index (χ3v) is 2.41. The first-order valence-corrected chi connectivity index (χ1v) is 4.91. The van der Waals surface area contributed by atoms with E-state index in [2.05, 4.69) is 0 Å². The molecule has 1 aliphatic rings. The van der Waals surface area contributed by atoms with Crippen LogP contribution >= 0.6 is 0 Å². The fourth-order valence-corrected chi connectivity index (χ4v) is 1.72. The SMILES string of the molecule is O=C(O)CC1COC(=O)N1c1ccccc1. The zero-order valence-electron chi connectivity index (χ0n) is 8.50. The largest absolute Gasteiger partial charge is 0.481 e. The number of para-hydroxylation sites is 1. The van der Waals surface area contributed by atoms with Gasteiger partial charge >= 0.3 is 12.1 Å². The molecule has 1 aromatic carbocycles. The second kappa shape index (κ2) is 4.22. The number of rotatable bonds is 3. The zero-order valence-corrected chi connectivity index (χ0v) is 8.50. The van der Waals surface area contributed by atoms with E-state index in [1.165, 1.54) is 4.90 Å². The standard InChI is InChI=1S/C11H11NO4/c13-10(14)6-9-7-16-11(15)12(9)8-4-2-1-3-5-8/h1-5,9H,6-7H2,(H,13,14). The van der Waals surface area contributed by atoms with Crippen LogP contribution in [0.2, 0.25) is 0 Å². The predicted octanol–water partition coefficient (Wildman–Crippen LogP) is 1.49. The van der Waals surface area contributed by atoms with Gasteiger partial charge in [-0.15, -0.1) is 0 Å². The van der Waals surface area contributed by atoms with Gasteiger partial charge in [0.1, 0.15) is 6.61 Å². The quantitative estimate of drug-likeness (QED) is 0.839. The molecule has 0 bridgehead atoms. The molecule has 5 heteroatoms. The van der Waals surface area contributed by atoms with E-state index in [4.69, 9.17) is 9.84 Å². The van der Waals surface area contributed by atoms with Gasteiger partial charge in [0.25, 0.3) is 0 Å². The van der Waals surface area contributed by atoms with Gasteiger partial charge in [0.2, 0.25) is 0 Å². The Morgan fingerprint density at radius 2 is 2.12 bits per heavy atom. The Hall–Kier alpha value is -2.04. The number of cyclic esters (lactones) is 1. The van der Waals surface area contributed by atoms with Crippen LogP contribution in [0.3, 0.4) is 0 Å². The van der Waals surface area contributed by atoms with Gasteiger partial charge < -0.3 is 9.84 Å². The fourth-order valence-electron chi connectivity index (χ4n) is 1.72. The van der Waals surface area contributed by atoms with E-state index < -0.39 is 18.1 Å². The van der Waals surface area contributed by atoms with Gasteiger partial charge in [-0.2, -0.15) is 0 Å². The highest BCUT2D eigenvalue weighted by Gasteiger charge is 2.35. The highest BCUT2D eigenvalue weighted by atomic mass is 16.6. The third kappa shape index (κ3) is 1.98. The summed E-state index contributed by atoms with van der Waals surface area (Å²) in [4.78, 5) is 23.5. The van der Waals surface area contributed by atoms with Gasteiger partial charge in [-0.05, 0) is 12.1 Å². The molecule has 1 atom stereocenters. The van der Waals surface area contributed by atoms with Crippen LogP contribution in [0.4, 0.5) is 10.5 Å². The van der Waals surface area contributed by atoms with E-state index in [0.29, 0.717) is 5.69 Å². The summed E-state index contributed by atoms with van der Waals surface area (Å²) >= 11 is 0. The molecule has 1 saturated heterocycles. The highest BCUT2D eigenvalue weighted by Crippen LogP contribution is 2.24. The average molecular weight is 221 g/mol. The van der Waals surface area contributed by atoms with Crippen LogP contribution in [0.5, 0.6) is 0 Å². The summed E-state index contributed by atoms with van der Waals surface area (Å²) in [5.74, 6) is -0.941. The number of anilines is 1. The van der Waals surface area contributed by atoms with Crippen molar-refractivity contribution in [3.05, 3.63) is 30.3 Å². The third-order valence-electron chi connectivity index (χ3n) is 2.41. The molecule has 1 N–H and O–H groups in total. The second-order valence-corrected chi connectivity index (χ2v) is 3.53. The lowest BCUT2D eigenvalue weighted by molar-refractivity contribution is -0.137. The van der Waals surface area contributed by atoms with Gasteiger partial charge in [0.05, 0.1) is 12.5 Å². The van der Waals surface area contributed by atoms with Crippen LogP contribution in [0.1, 0.15) is 6.42 Å². The lowest BCUT2D eigenvalue weighted by atomic mass is 10.2. The van der Waals surface area contributed by atoms with Gasteiger partial charge in [0, 0.05) is 5.69 Å². The van der Waals surface area contributed by atoms with Crippen molar-refractivity contribution in [2.75, 3.05) is 11.5 Å². The molecule has 0 aromatic heterocycles. The molecular formula is C11H11NO4. The molecule has 1 fully saturated rings. The van der Waals surface area contributed by atoms with Crippen molar-refractivity contribution >= 4 is 17.7 Å². The zero-order chi connectivity index (χ0) is 11.5. The Bertz CT molecular complexity index is 404. The Labute approximate surface area is 92.2 Å². The minimum Gasteiger partial charge on any atom is -0.481 e. The summed E-state index contributed by atoms with van der Waals surface area (Å²) in [7, 11) is 0. The minimum absolute atomic E-state index is 0.110. The van der Waals surface area contributed by atoms with Crippen molar-refractivity contribution in [3.8, 4) is 0 Å². The number of carbonyl (C=O) groups excluding carboxylic acids is 1. The Morgan fingerprint density at radius 1 is 1.44 bits per heavy atom. The summed E-state index contributed by atoms with van der Waals surface area (Å²) < 4.78 is 4.86. The first-order valence-electron chi connectivity index (χ1n) is 4.91. The number of carboxylic acid groups (broad SMARTS) is 1. The number of carbonyl (C=O) groups is 2. The van der Waals surface area contributed by atoms with E-state index in [0.717, 1.165) is 0 Å². The summed E-state index contributed by atoms with van der Waals surface area (Å²) in [6.07, 6.45) is -0.599. The van der Waals surface area contributed by atoms with Crippen molar-refractivity contribution in [2.45, 2.75) is 12.5 Å². The topological polar surface area (TPSA) is 66.8 Å². The van der Waals surface area contributed by atoms with Crippen molar-refractivity contribution in [1.82, 2.24) is 0 Å². The smallest absolute Gasteiger partial charge is 0.414 e. The van der Waals surface area contributed by atoms with Crippen molar-refractivity contribution in [1.29, 1.82) is 0 Å². The molecule has 1 unspecified atom stereocenters. The Morgan fingerprint density at radius 3 is 2.75 bits per heavy atom. The highest BCUT2D eigenvalue weighted by molar-refractivity contribution is 5.91. The molecule has 0 radical (unpaired) electrons. The molecule has 1 aliphatic heterocycles. The molecule has 1 heterocycles. The summed E-state index contributed by atoms with van der Waals surface area (Å²) in [6.45, 7) is 0.125. The normalized spacial score (nSPS) is 19.6. The van der Waals surface area contributed by atoms with E-state index in [9.17, 15) is 9.59 Å². The molecule has 0 aliphatic carbocycles. The van der Waals surface area contributed by atoms with Crippen LogP contribution in [0.15, 0.2) is 30.3 Å². The van der Waals surface area contributed by atoms with E-state index in [-0.39, 0.29) is 13.0 Å². The Kier molecular flexibility index (Phi) is 2.76. The van der Waals surface area contributed by atoms with Gasteiger partial charge in [-0.1, -0.05) is 18.2 Å². The molecular weight excluding hydrogens is 210 g/mol. The summed E-state index contributed by atoms with van der Waals surface area (Å²) in [6, 6.07) is 8.49. The van der Waals surface area contributed by atoms with E-state index in [1.807, 2.05) is 6.07 Å². The van der Waals surface area contributed by atoms with Gasteiger partial charge in [-0.3, -0.25) is 9.69 Å². The summed E-state index contributed by atoms with van der Waals surface area (Å²) in [5, 5.41) is 8.73. The van der Waals surface area contributed by atoms with Crippen molar-refractivity contribution in [3.63, 3.8) is 0 Å². The second-order valence-electron chi connectivity index (χ2n) is 3.53. The lowest BCUT2D eigenvalue weighted by Crippen LogP contribution is -2.35. The molecule has 2 rings (SSSR count). The molecule has 5 nitrogen and oxygen atoms in total. The molecule has 0 spiro atoms. The van der Waals surface area contributed by atoms with Crippen molar-refractivity contribution < 1.29 is 19.4 Å². The maximum atomic E-state index is 11.5. The Balaban J connectivity index is 2.23. The number of benzene rings is 1.